The highest BCUT2D eigenvalue weighted by molar-refractivity contribution is 6.74. The highest BCUT2D eigenvalue weighted by atomic mass is 35.5. The van der Waals surface area contributed by atoms with Gasteiger partial charge >= 0.3 is 0 Å². The summed E-state index contributed by atoms with van der Waals surface area (Å²) in [6.07, 6.45) is 1.11. The molecule has 2 aliphatic heterocycles. The Hall–Kier alpha value is -3.83. The monoisotopic (exact) mass is 744 g/mol. The standard InChI is InChI=1S/C41H53ClN4O5Si/c1-29-26-33(16-17-34(29)42)43-39(50)41(20-22-45(23-21-41)24-25-51-52(5,6)40(2,3)4)44-38(49)35-27-31-14-10-11-15-32(31)28-46(35)37(48)19-18-36(47)30-12-8-7-9-13-30/h7-17,26,35H,18-25,27-28H2,1-6H3,(H,43,50)(H,44,49). The van der Waals surface area contributed by atoms with Crippen LogP contribution < -0.4 is 10.6 Å². The number of nitrogens with one attached hydrogen (secondary N) is 2. The number of rotatable bonds is 12. The molecule has 0 radical (unpaired) electrons. The van der Waals surface area contributed by atoms with Crippen LogP contribution in [-0.2, 0) is 31.8 Å². The van der Waals surface area contributed by atoms with Gasteiger partial charge in [0, 0.05) is 68.3 Å². The molecule has 3 aromatic rings. The second-order valence-corrected chi connectivity index (χ2v) is 21.0. The number of anilines is 1. The van der Waals surface area contributed by atoms with E-state index in [1.807, 2.05) is 43.3 Å². The Morgan fingerprint density at radius 3 is 2.23 bits per heavy atom. The summed E-state index contributed by atoms with van der Waals surface area (Å²) < 4.78 is 6.44. The summed E-state index contributed by atoms with van der Waals surface area (Å²) in [6, 6.07) is 21.2. The molecule has 0 aromatic heterocycles. The molecule has 2 aliphatic rings. The largest absolute Gasteiger partial charge is 0.416 e. The van der Waals surface area contributed by atoms with E-state index in [2.05, 4.69) is 49.4 Å². The van der Waals surface area contributed by atoms with Crippen LogP contribution in [-0.4, -0.2) is 79.4 Å². The Balaban J connectivity index is 1.34. The summed E-state index contributed by atoms with van der Waals surface area (Å²) in [7, 11) is -1.91. The summed E-state index contributed by atoms with van der Waals surface area (Å²) in [6.45, 7) is 15.8. The van der Waals surface area contributed by atoms with Gasteiger partial charge in [-0.3, -0.25) is 19.2 Å². The SMILES string of the molecule is Cc1cc(NC(=O)C2(NC(=O)C3Cc4ccccc4CN3C(=O)CCC(=O)c3ccccc3)CCN(CCO[Si](C)(C)C(C)(C)C)CC2)ccc1Cl. The van der Waals surface area contributed by atoms with Crippen LogP contribution in [0.3, 0.4) is 0 Å². The van der Waals surface area contributed by atoms with Crippen molar-refractivity contribution in [1.82, 2.24) is 15.1 Å². The number of Topliss-reactive ketones (excluding diaryl/α,β-unsaturated/α-hetero) is 1. The molecule has 11 heteroatoms. The predicted molar refractivity (Wildman–Crippen MR) is 209 cm³/mol. The van der Waals surface area contributed by atoms with Crippen LogP contribution in [0.1, 0.15) is 73.5 Å². The lowest BCUT2D eigenvalue weighted by Crippen LogP contribution is -2.65. The molecule has 2 heterocycles. The van der Waals surface area contributed by atoms with Crippen molar-refractivity contribution in [2.24, 2.45) is 0 Å². The average Bonchev–Trinajstić information content (AvgIpc) is 3.12. The number of fused-ring (bicyclic) bond motifs is 1. The van der Waals surface area contributed by atoms with Gasteiger partial charge in [0.1, 0.15) is 11.6 Å². The Morgan fingerprint density at radius 2 is 1.58 bits per heavy atom. The van der Waals surface area contributed by atoms with Gasteiger partial charge in [-0.05, 0) is 72.8 Å². The van der Waals surface area contributed by atoms with E-state index >= 15 is 0 Å². The van der Waals surface area contributed by atoms with E-state index < -0.39 is 19.9 Å². The number of piperidine rings is 1. The smallest absolute Gasteiger partial charge is 0.250 e. The molecular weight excluding hydrogens is 692 g/mol. The van der Waals surface area contributed by atoms with Gasteiger partial charge in [-0.25, -0.2) is 0 Å². The number of hydrogen-bond acceptors (Lipinski definition) is 6. The van der Waals surface area contributed by atoms with Gasteiger partial charge in [-0.15, -0.1) is 0 Å². The molecule has 0 aliphatic carbocycles. The number of ketones is 1. The molecule has 1 unspecified atom stereocenters. The van der Waals surface area contributed by atoms with E-state index in [1.54, 1.807) is 41.3 Å². The Bertz CT molecular complexity index is 1770. The maximum Gasteiger partial charge on any atom is 0.250 e. The lowest BCUT2D eigenvalue weighted by atomic mass is 9.85. The van der Waals surface area contributed by atoms with Crippen LogP contribution in [0.25, 0.3) is 0 Å². The van der Waals surface area contributed by atoms with Gasteiger partial charge in [0.2, 0.25) is 17.7 Å². The van der Waals surface area contributed by atoms with Crippen molar-refractivity contribution < 1.29 is 23.6 Å². The summed E-state index contributed by atoms with van der Waals surface area (Å²) in [5.74, 6) is -1.08. The highest BCUT2D eigenvalue weighted by Crippen LogP contribution is 2.36. The van der Waals surface area contributed by atoms with Crippen LogP contribution in [0.4, 0.5) is 5.69 Å². The second kappa shape index (κ2) is 16.5. The topological polar surface area (TPSA) is 108 Å². The highest BCUT2D eigenvalue weighted by Gasteiger charge is 2.46. The molecule has 0 bridgehead atoms. The van der Waals surface area contributed by atoms with Crippen molar-refractivity contribution in [3.63, 3.8) is 0 Å². The van der Waals surface area contributed by atoms with Crippen molar-refractivity contribution in [2.75, 3.05) is 31.6 Å². The van der Waals surface area contributed by atoms with E-state index in [0.717, 1.165) is 23.2 Å². The minimum atomic E-state index is -1.91. The molecule has 9 nitrogen and oxygen atoms in total. The Morgan fingerprint density at radius 1 is 0.923 bits per heavy atom. The number of amides is 3. The van der Waals surface area contributed by atoms with Gasteiger partial charge in [0.05, 0.1) is 0 Å². The zero-order valence-electron chi connectivity index (χ0n) is 31.4. The van der Waals surface area contributed by atoms with Crippen molar-refractivity contribution in [3.05, 3.63) is 100 Å². The molecule has 52 heavy (non-hydrogen) atoms. The average molecular weight is 745 g/mol. The molecule has 2 N–H and O–H groups in total. The molecule has 1 saturated heterocycles. The van der Waals surface area contributed by atoms with Crippen molar-refractivity contribution in [3.8, 4) is 0 Å². The molecule has 1 atom stereocenters. The number of carbonyl (C=O) groups is 4. The van der Waals surface area contributed by atoms with Crippen LogP contribution in [0, 0.1) is 6.92 Å². The molecule has 3 aromatic carbocycles. The molecule has 278 valence electrons. The first kappa shape index (κ1) is 39.4. The Kier molecular flexibility index (Phi) is 12.5. The summed E-state index contributed by atoms with van der Waals surface area (Å²) in [5.41, 5.74) is 2.71. The molecule has 3 amide bonds. The maximum atomic E-state index is 14.5. The third-order valence-corrected chi connectivity index (χ3v) is 16.1. The second-order valence-electron chi connectivity index (χ2n) is 15.7. The van der Waals surface area contributed by atoms with Crippen LogP contribution >= 0.6 is 11.6 Å². The van der Waals surface area contributed by atoms with E-state index in [9.17, 15) is 19.2 Å². The minimum absolute atomic E-state index is 0.0207. The lowest BCUT2D eigenvalue weighted by Gasteiger charge is -2.44. The molecule has 0 spiro atoms. The minimum Gasteiger partial charge on any atom is -0.416 e. The number of hydrogen-bond donors (Lipinski definition) is 2. The van der Waals surface area contributed by atoms with Gasteiger partial charge < -0.3 is 24.9 Å². The fourth-order valence-corrected chi connectivity index (χ4v) is 7.81. The fraction of sp³-hybridized carbons (Fsp3) is 0.463. The summed E-state index contributed by atoms with van der Waals surface area (Å²) in [4.78, 5) is 59.3. The number of nitrogens with zero attached hydrogens (tertiary/aromatic N) is 2. The van der Waals surface area contributed by atoms with E-state index in [0.29, 0.717) is 55.2 Å². The molecule has 5 rings (SSSR count). The van der Waals surface area contributed by atoms with Gasteiger partial charge in [-0.2, -0.15) is 0 Å². The number of carbonyl (C=O) groups excluding carboxylic acids is 4. The first-order chi connectivity index (χ1) is 24.6. The van der Waals surface area contributed by atoms with Gasteiger partial charge in [0.25, 0.3) is 0 Å². The molecule has 1 fully saturated rings. The molecule has 0 saturated carbocycles. The summed E-state index contributed by atoms with van der Waals surface area (Å²) >= 11 is 6.27. The van der Waals surface area contributed by atoms with Crippen LogP contribution in [0.15, 0.2) is 72.8 Å². The third-order valence-electron chi connectivity index (χ3n) is 11.1. The quantitative estimate of drug-likeness (QED) is 0.150. The van der Waals surface area contributed by atoms with Crippen LogP contribution in [0.5, 0.6) is 0 Å². The fourth-order valence-electron chi connectivity index (χ4n) is 6.66. The zero-order chi connectivity index (χ0) is 37.7. The molecular formula is C41H53ClN4O5Si. The number of aryl methyl sites for hydroxylation is 1. The first-order valence-corrected chi connectivity index (χ1v) is 21.6. The predicted octanol–water partition coefficient (Wildman–Crippen LogP) is 7.18. The van der Waals surface area contributed by atoms with E-state index in [1.165, 1.54) is 0 Å². The Labute approximate surface area is 314 Å². The van der Waals surface area contributed by atoms with Gasteiger partial charge in [0.15, 0.2) is 14.1 Å². The third kappa shape index (κ3) is 9.39. The number of benzene rings is 3. The first-order valence-electron chi connectivity index (χ1n) is 18.3. The number of likely N-dealkylation sites (tertiary alicyclic amines) is 1. The van der Waals surface area contributed by atoms with E-state index in [4.69, 9.17) is 16.0 Å². The summed E-state index contributed by atoms with van der Waals surface area (Å²) in [5, 5.41) is 6.95. The zero-order valence-corrected chi connectivity index (χ0v) is 33.1. The lowest BCUT2D eigenvalue weighted by molar-refractivity contribution is -0.144. The van der Waals surface area contributed by atoms with Crippen molar-refractivity contribution in [2.45, 2.75) is 96.1 Å². The van der Waals surface area contributed by atoms with Gasteiger partial charge in [-0.1, -0.05) is 87.0 Å². The van der Waals surface area contributed by atoms with Crippen molar-refractivity contribution >= 4 is 49.1 Å². The van der Waals surface area contributed by atoms with E-state index in [-0.39, 0.29) is 47.9 Å². The van der Waals surface area contributed by atoms with Crippen LogP contribution in [0.2, 0.25) is 23.2 Å². The normalized spacial score (nSPS) is 17.6. The number of halogens is 1. The maximum absolute atomic E-state index is 14.5. The van der Waals surface area contributed by atoms with Crippen molar-refractivity contribution in [1.29, 1.82) is 0 Å².